The van der Waals surface area contributed by atoms with E-state index >= 15 is 0 Å². The van der Waals surface area contributed by atoms with Crippen molar-refractivity contribution in [2.75, 3.05) is 0 Å². The Morgan fingerprint density at radius 2 is 1.71 bits per heavy atom. The van der Waals surface area contributed by atoms with Gasteiger partial charge < -0.3 is 5.11 Å². The van der Waals surface area contributed by atoms with E-state index in [1.54, 1.807) is 6.33 Å². The van der Waals surface area contributed by atoms with Gasteiger partial charge >= 0.3 is 5.97 Å². The summed E-state index contributed by atoms with van der Waals surface area (Å²) in [5, 5.41) is 17.7. The van der Waals surface area contributed by atoms with E-state index in [1.165, 1.54) is 0 Å². The molecule has 5 nitrogen and oxygen atoms in total. The molecule has 1 saturated carbocycles. The lowest BCUT2D eigenvalue weighted by molar-refractivity contribution is -0.145. The Morgan fingerprint density at radius 3 is 2.42 bits per heavy atom. The van der Waals surface area contributed by atoms with Crippen LogP contribution in [0.1, 0.15) is 37.7 Å². The van der Waals surface area contributed by atoms with E-state index in [9.17, 15) is 9.90 Å². The molecular weight excluding hydrogens is 302 g/mol. The normalized spacial score (nSPS) is 17.0. The van der Waals surface area contributed by atoms with Crippen LogP contribution >= 0.6 is 0 Å². The first-order valence-corrected chi connectivity index (χ1v) is 8.33. The minimum Gasteiger partial charge on any atom is -0.481 e. The van der Waals surface area contributed by atoms with Crippen LogP contribution in [0.25, 0.3) is 16.8 Å². The number of nitrogens with zero attached hydrogens (tertiary/aromatic N) is 3. The second-order valence-electron chi connectivity index (χ2n) is 6.54. The molecule has 0 bridgehead atoms. The van der Waals surface area contributed by atoms with Crippen molar-refractivity contribution in [2.45, 2.75) is 37.5 Å². The number of carbonyl (C=O) groups is 1. The van der Waals surface area contributed by atoms with Crippen molar-refractivity contribution in [1.82, 2.24) is 14.6 Å². The minimum atomic E-state index is -0.713. The van der Waals surface area contributed by atoms with E-state index in [0.29, 0.717) is 0 Å². The third kappa shape index (κ3) is 2.37. The molecule has 0 amide bonds. The van der Waals surface area contributed by atoms with E-state index in [2.05, 4.69) is 10.2 Å². The van der Waals surface area contributed by atoms with Gasteiger partial charge in [0.25, 0.3) is 0 Å². The highest BCUT2D eigenvalue weighted by molar-refractivity contribution is 5.82. The van der Waals surface area contributed by atoms with E-state index in [0.717, 1.165) is 54.4 Å². The molecule has 2 heterocycles. The monoisotopic (exact) mass is 321 g/mol. The van der Waals surface area contributed by atoms with Crippen LogP contribution in [0.15, 0.2) is 48.9 Å². The molecule has 122 valence electrons. The fourth-order valence-electron chi connectivity index (χ4n) is 3.76. The zero-order valence-electron chi connectivity index (χ0n) is 13.4. The lowest BCUT2D eigenvalue weighted by Crippen LogP contribution is -2.37. The Hall–Kier alpha value is -2.69. The van der Waals surface area contributed by atoms with E-state index in [-0.39, 0.29) is 0 Å². The molecule has 0 aliphatic heterocycles. The number of benzene rings is 1. The van der Waals surface area contributed by atoms with Crippen LogP contribution in [0.4, 0.5) is 0 Å². The van der Waals surface area contributed by atoms with Crippen molar-refractivity contribution in [2.24, 2.45) is 0 Å². The van der Waals surface area contributed by atoms with Crippen LogP contribution < -0.4 is 0 Å². The van der Waals surface area contributed by atoms with Gasteiger partial charge in [-0.3, -0.25) is 9.20 Å². The smallest absolute Gasteiger partial charge is 0.314 e. The Kier molecular flexibility index (Phi) is 3.56. The summed E-state index contributed by atoms with van der Waals surface area (Å²) in [5.74, 6) is -0.694. The summed E-state index contributed by atoms with van der Waals surface area (Å²) < 4.78 is 1.88. The maximum atomic E-state index is 11.9. The van der Waals surface area contributed by atoms with E-state index in [1.807, 2.05) is 47.0 Å². The van der Waals surface area contributed by atoms with Gasteiger partial charge in [-0.05, 0) is 41.7 Å². The van der Waals surface area contributed by atoms with Gasteiger partial charge in [0.2, 0.25) is 0 Å². The Labute approximate surface area is 140 Å². The third-order valence-corrected chi connectivity index (χ3v) is 5.18. The van der Waals surface area contributed by atoms with Crippen LogP contribution in [-0.2, 0) is 10.2 Å². The number of rotatable bonds is 3. The molecule has 0 atom stereocenters. The van der Waals surface area contributed by atoms with Crippen LogP contribution in [0.5, 0.6) is 0 Å². The predicted molar refractivity (Wildman–Crippen MR) is 90.8 cm³/mol. The zero-order chi connectivity index (χ0) is 16.6. The topological polar surface area (TPSA) is 67.5 Å². The van der Waals surface area contributed by atoms with Crippen LogP contribution in [0.3, 0.4) is 0 Å². The largest absolute Gasteiger partial charge is 0.481 e. The number of aliphatic carboxylic acids is 1. The average molecular weight is 321 g/mol. The zero-order valence-corrected chi connectivity index (χ0v) is 13.4. The van der Waals surface area contributed by atoms with E-state index < -0.39 is 11.4 Å². The summed E-state index contributed by atoms with van der Waals surface area (Å²) in [5.41, 5.74) is 3.13. The van der Waals surface area contributed by atoms with Crippen LogP contribution in [-0.4, -0.2) is 25.7 Å². The molecule has 24 heavy (non-hydrogen) atoms. The second-order valence-corrected chi connectivity index (χ2v) is 6.54. The van der Waals surface area contributed by atoms with Gasteiger partial charge in [0.05, 0.1) is 5.41 Å². The lowest BCUT2D eigenvalue weighted by Gasteiger charge is -2.33. The van der Waals surface area contributed by atoms with Gasteiger partial charge in [-0.1, -0.05) is 43.5 Å². The molecule has 1 aliphatic rings. The van der Waals surface area contributed by atoms with Crippen molar-refractivity contribution in [3.05, 3.63) is 54.5 Å². The molecule has 1 aliphatic carbocycles. The SMILES string of the molecule is O=C(O)C1(c2ccc(-c3ccc4nncn4c3)cc2)CCCCC1. The molecule has 0 unspecified atom stereocenters. The molecular formula is C19H19N3O2. The highest BCUT2D eigenvalue weighted by Crippen LogP contribution is 2.40. The number of aromatic nitrogens is 3. The Morgan fingerprint density at radius 1 is 1.00 bits per heavy atom. The summed E-state index contributed by atoms with van der Waals surface area (Å²) in [7, 11) is 0. The molecule has 2 aromatic heterocycles. The number of carboxylic acid groups (broad SMARTS) is 1. The van der Waals surface area contributed by atoms with Gasteiger partial charge in [-0.25, -0.2) is 0 Å². The van der Waals surface area contributed by atoms with Crippen molar-refractivity contribution in [3.8, 4) is 11.1 Å². The van der Waals surface area contributed by atoms with Gasteiger partial charge in [0.15, 0.2) is 5.65 Å². The number of hydrogen-bond donors (Lipinski definition) is 1. The first-order valence-electron chi connectivity index (χ1n) is 8.33. The van der Waals surface area contributed by atoms with Crippen molar-refractivity contribution >= 4 is 11.6 Å². The van der Waals surface area contributed by atoms with Crippen molar-refractivity contribution < 1.29 is 9.90 Å². The van der Waals surface area contributed by atoms with Crippen LogP contribution in [0, 0.1) is 0 Å². The first-order chi connectivity index (χ1) is 11.7. The summed E-state index contributed by atoms with van der Waals surface area (Å²) in [6.45, 7) is 0. The van der Waals surface area contributed by atoms with Crippen molar-refractivity contribution in [3.63, 3.8) is 0 Å². The number of carboxylic acids is 1. The number of hydrogen-bond acceptors (Lipinski definition) is 3. The molecule has 0 spiro atoms. The second kappa shape index (κ2) is 5.74. The number of fused-ring (bicyclic) bond motifs is 1. The average Bonchev–Trinajstić information content (AvgIpc) is 3.10. The van der Waals surface area contributed by atoms with Crippen LogP contribution in [0.2, 0.25) is 0 Å². The van der Waals surface area contributed by atoms with Crippen molar-refractivity contribution in [1.29, 1.82) is 0 Å². The quantitative estimate of drug-likeness (QED) is 0.799. The predicted octanol–water partition coefficient (Wildman–Crippen LogP) is 3.68. The van der Waals surface area contributed by atoms with Gasteiger partial charge in [0, 0.05) is 6.20 Å². The summed E-state index contributed by atoms with van der Waals surface area (Å²) >= 11 is 0. The van der Waals surface area contributed by atoms with E-state index in [4.69, 9.17) is 0 Å². The molecule has 0 radical (unpaired) electrons. The van der Waals surface area contributed by atoms with Gasteiger partial charge in [-0.2, -0.15) is 0 Å². The van der Waals surface area contributed by atoms with Gasteiger partial charge in [-0.15, -0.1) is 10.2 Å². The molecule has 1 aromatic carbocycles. The highest BCUT2D eigenvalue weighted by Gasteiger charge is 2.41. The van der Waals surface area contributed by atoms with Gasteiger partial charge in [0.1, 0.15) is 6.33 Å². The Bertz CT molecular complexity index is 877. The maximum Gasteiger partial charge on any atom is 0.314 e. The molecule has 1 N–H and O–H groups in total. The fourth-order valence-corrected chi connectivity index (χ4v) is 3.76. The molecule has 1 fully saturated rings. The fraction of sp³-hybridized carbons (Fsp3) is 0.316. The highest BCUT2D eigenvalue weighted by atomic mass is 16.4. The molecule has 5 heteroatoms. The Balaban J connectivity index is 1.69. The summed E-state index contributed by atoms with van der Waals surface area (Å²) in [6.07, 6.45) is 8.22. The first kappa shape index (κ1) is 14.9. The third-order valence-electron chi connectivity index (χ3n) is 5.18. The minimum absolute atomic E-state index is 0.694. The summed E-state index contributed by atoms with van der Waals surface area (Å²) in [6, 6.07) is 11.9. The summed E-state index contributed by atoms with van der Waals surface area (Å²) in [4.78, 5) is 11.9. The standard InChI is InChI=1S/C19H19N3O2/c23-18(24)19(10-2-1-3-11-19)16-7-4-14(5-8-16)15-6-9-17-21-20-13-22(17)12-15/h4-9,12-13H,1-3,10-11H2,(H,23,24). The molecule has 3 aromatic rings. The maximum absolute atomic E-state index is 11.9. The number of pyridine rings is 1. The lowest BCUT2D eigenvalue weighted by atomic mass is 9.69. The molecule has 4 rings (SSSR count). The molecule has 0 saturated heterocycles.